The van der Waals surface area contributed by atoms with Crippen LogP contribution in [0.4, 0.5) is 0 Å². The molecule has 0 spiro atoms. The fourth-order valence-electron chi connectivity index (χ4n) is 1.99. The van der Waals surface area contributed by atoms with Crippen LogP contribution in [0, 0.1) is 0 Å². The van der Waals surface area contributed by atoms with Crippen LogP contribution < -0.4 is 5.32 Å². The summed E-state index contributed by atoms with van der Waals surface area (Å²) >= 11 is 0. The van der Waals surface area contributed by atoms with E-state index in [1.807, 2.05) is 6.07 Å². The van der Waals surface area contributed by atoms with Crippen LogP contribution in [0.3, 0.4) is 0 Å². The fourth-order valence-corrected chi connectivity index (χ4v) is 1.99. The van der Waals surface area contributed by atoms with E-state index in [1.54, 1.807) is 12.5 Å². The van der Waals surface area contributed by atoms with Crippen molar-refractivity contribution in [3.8, 4) is 0 Å². The molecule has 1 aliphatic heterocycles. The van der Waals surface area contributed by atoms with Gasteiger partial charge in [0.1, 0.15) is 0 Å². The van der Waals surface area contributed by atoms with E-state index in [1.165, 1.54) is 24.9 Å². The van der Waals surface area contributed by atoms with Crippen LogP contribution in [0.1, 0.15) is 18.4 Å². The lowest BCUT2D eigenvalue weighted by molar-refractivity contribution is 0.226. The smallest absolute Gasteiger partial charge is 0.0947 e. The molecule has 3 heteroatoms. The Kier molecular flexibility index (Phi) is 3.22. The molecule has 1 atom stereocenters. The van der Waals surface area contributed by atoms with Crippen LogP contribution in [-0.4, -0.2) is 31.1 Å². The second-order valence-corrected chi connectivity index (χ2v) is 4.11. The molecular weight excluding hydrogens is 176 g/mol. The molecule has 1 saturated heterocycles. The van der Waals surface area contributed by atoms with Gasteiger partial charge >= 0.3 is 0 Å². The van der Waals surface area contributed by atoms with Crippen molar-refractivity contribution in [1.82, 2.24) is 10.2 Å². The average Bonchev–Trinajstić information content (AvgIpc) is 2.67. The van der Waals surface area contributed by atoms with E-state index in [4.69, 9.17) is 4.42 Å². The van der Waals surface area contributed by atoms with Gasteiger partial charge in [0.15, 0.2) is 0 Å². The number of hydrogen-bond donors (Lipinski definition) is 1. The minimum Gasteiger partial charge on any atom is -0.472 e. The predicted molar refractivity (Wildman–Crippen MR) is 56.1 cm³/mol. The average molecular weight is 194 g/mol. The zero-order valence-electron chi connectivity index (χ0n) is 8.70. The van der Waals surface area contributed by atoms with Crippen LogP contribution in [-0.2, 0) is 6.54 Å². The molecule has 2 heterocycles. The number of nitrogens with zero attached hydrogens (tertiary/aromatic N) is 1. The summed E-state index contributed by atoms with van der Waals surface area (Å²) in [5.41, 5.74) is 1.23. The van der Waals surface area contributed by atoms with Crippen molar-refractivity contribution in [3.63, 3.8) is 0 Å². The summed E-state index contributed by atoms with van der Waals surface area (Å²) in [5.74, 6) is 0. The monoisotopic (exact) mass is 194 g/mol. The van der Waals surface area contributed by atoms with Gasteiger partial charge < -0.3 is 14.6 Å². The van der Waals surface area contributed by atoms with Crippen molar-refractivity contribution < 1.29 is 4.42 Å². The van der Waals surface area contributed by atoms with Crippen molar-refractivity contribution in [2.24, 2.45) is 0 Å². The maximum Gasteiger partial charge on any atom is 0.0947 e. The van der Waals surface area contributed by atoms with Crippen LogP contribution in [0.15, 0.2) is 23.0 Å². The largest absolute Gasteiger partial charge is 0.472 e. The van der Waals surface area contributed by atoms with E-state index in [2.05, 4.69) is 17.3 Å². The van der Waals surface area contributed by atoms with Gasteiger partial charge in [-0.25, -0.2) is 0 Å². The molecule has 1 aromatic heterocycles. The Bertz CT molecular complexity index is 258. The summed E-state index contributed by atoms with van der Waals surface area (Å²) in [4.78, 5) is 2.39. The first-order chi connectivity index (χ1) is 6.84. The van der Waals surface area contributed by atoms with Crippen molar-refractivity contribution in [1.29, 1.82) is 0 Å². The predicted octanol–water partition coefficient (Wildman–Crippen LogP) is 1.46. The Balaban J connectivity index is 1.75. The molecule has 78 valence electrons. The zero-order valence-corrected chi connectivity index (χ0v) is 8.70. The number of likely N-dealkylation sites (N-methyl/N-ethyl adjacent to an activating group) is 1. The molecule has 2 rings (SSSR count). The molecule has 14 heavy (non-hydrogen) atoms. The highest BCUT2D eigenvalue weighted by Gasteiger charge is 2.16. The van der Waals surface area contributed by atoms with Crippen LogP contribution in [0.5, 0.6) is 0 Å². The summed E-state index contributed by atoms with van der Waals surface area (Å²) in [5, 5.41) is 3.55. The van der Waals surface area contributed by atoms with E-state index in [0.29, 0.717) is 6.04 Å². The van der Waals surface area contributed by atoms with E-state index in [0.717, 1.165) is 13.1 Å². The molecule has 1 N–H and O–H groups in total. The zero-order chi connectivity index (χ0) is 9.80. The third-order valence-corrected chi connectivity index (χ3v) is 2.80. The molecule has 0 aliphatic carbocycles. The number of nitrogens with one attached hydrogen (secondary N) is 1. The Hall–Kier alpha value is -0.800. The topological polar surface area (TPSA) is 28.4 Å². The van der Waals surface area contributed by atoms with Gasteiger partial charge in [0.2, 0.25) is 0 Å². The molecule has 1 aliphatic rings. The molecule has 0 radical (unpaired) electrons. The van der Waals surface area contributed by atoms with Gasteiger partial charge in [-0.15, -0.1) is 0 Å². The maximum absolute atomic E-state index is 5.03. The third-order valence-electron chi connectivity index (χ3n) is 2.80. The van der Waals surface area contributed by atoms with Gasteiger partial charge in [-0.2, -0.15) is 0 Å². The summed E-state index contributed by atoms with van der Waals surface area (Å²) < 4.78 is 5.03. The Labute approximate surface area is 85.1 Å². The first kappa shape index (κ1) is 9.74. The quantitative estimate of drug-likeness (QED) is 0.789. The molecule has 0 bridgehead atoms. The van der Waals surface area contributed by atoms with E-state index < -0.39 is 0 Å². The molecule has 1 fully saturated rings. The molecule has 3 nitrogen and oxygen atoms in total. The lowest BCUT2D eigenvalue weighted by Crippen LogP contribution is -2.43. The Morgan fingerprint density at radius 3 is 3.29 bits per heavy atom. The summed E-state index contributed by atoms with van der Waals surface area (Å²) in [6, 6.07) is 2.66. The van der Waals surface area contributed by atoms with Gasteiger partial charge in [-0.05, 0) is 32.5 Å². The van der Waals surface area contributed by atoms with E-state index >= 15 is 0 Å². The summed E-state index contributed by atoms with van der Waals surface area (Å²) in [6.07, 6.45) is 6.13. The molecule has 0 saturated carbocycles. The van der Waals surface area contributed by atoms with Crippen molar-refractivity contribution >= 4 is 0 Å². The van der Waals surface area contributed by atoms with Gasteiger partial charge in [0.05, 0.1) is 12.5 Å². The lowest BCUT2D eigenvalue weighted by atomic mass is 10.1. The molecule has 0 amide bonds. The molecule has 1 unspecified atom stereocenters. The van der Waals surface area contributed by atoms with Crippen molar-refractivity contribution in [3.05, 3.63) is 24.2 Å². The second-order valence-electron chi connectivity index (χ2n) is 4.11. The minimum atomic E-state index is 0.642. The molecule has 1 aromatic rings. The van der Waals surface area contributed by atoms with Crippen LogP contribution in [0.25, 0.3) is 0 Å². The van der Waals surface area contributed by atoms with Crippen molar-refractivity contribution in [2.75, 3.05) is 20.1 Å². The molecule has 0 aromatic carbocycles. The highest BCUT2D eigenvalue weighted by Crippen LogP contribution is 2.09. The van der Waals surface area contributed by atoms with Crippen LogP contribution in [0.2, 0.25) is 0 Å². The number of hydrogen-bond acceptors (Lipinski definition) is 3. The summed E-state index contributed by atoms with van der Waals surface area (Å²) in [6.45, 7) is 3.33. The van der Waals surface area contributed by atoms with E-state index in [9.17, 15) is 0 Å². The van der Waals surface area contributed by atoms with Gasteiger partial charge in [-0.3, -0.25) is 0 Å². The number of likely N-dealkylation sites (tertiary alicyclic amines) is 1. The summed E-state index contributed by atoms with van der Waals surface area (Å²) in [7, 11) is 2.19. The third kappa shape index (κ3) is 2.59. The van der Waals surface area contributed by atoms with Gasteiger partial charge in [-0.1, -0.05) is 0 Å². The number of furan rings is 1. The minimum absolute atomic E-state index is 0.642. The maximum atomic E-state index is 5.03. The second kappa shape index (κ2) is 4.62. The van der Waals surface area contributed by atoms with Crippen molar-refractivity contribution in [2.45, 2.75) is 25.4 Å². The standard InChI is InChI=1S/C11H18N2O/c1-13-5-2-3-11(8-13)12-7-10-4-6-14-9-10/h4,6,9,11-12H,2-3,5,7-8H2,1H3. The Morgan fingerprint density at radius 2 is 2.57 bits per heavy atom. The first-order valence-corrected chi connectivity index (χ1v) is 5.27. The first-order valence-electron chi connectivity index (χ1n) is 5.27. The normalized spacial score (nSPS) is 23.9. The van der Waals surface area contributed by atoms with Crippen LogP contribution >= 0.6 is 0 Å². The van der Waals surface area contributed by atoms with Gasteiger partial charge in [0.25, 0.3) is 0 Å². The van der Waals surface area contributed by atoms with Gasteiger partial charge in [0, 0.05) is 24.7 Å². The number of rotatable bonds is 3. The SMILES string of the molecule is CN1CCCC(NCc2ccoc2)C1. The molecular formula is C11H18N2O. The highest BCUT2D eigenvalue weighted by atomic mass is 16.3. The Morgan fingerprint density at radius 1 is 1.64 bits per heavy atom. The lowest BCUT2D eigenvalue weighted by Gasteiger charge is -2.30. The van der Waals surface area contributed by atoms with E-state index in [-0.39, 0.29) is 0 Å². The highest BCUT2D eigenvalue weighted by molar-refractivity contribution is 5.04. The number of piperidine rings is 1. The fraction of sp³-hybridized carbons (Fsp3) is 0.636.